The van der Waals surface area contributed by atoms with E-state index in [1.807, 2.05) is 24.3 Å². The maximum Gasteiger partial charge on any atom is 0.118 e. The van der Waals surface area contributed by atoms with Gasteiger partial charge in [-0.1, -0.05) is 12.1 Å². The van der Waals surface area contributed by atoms with Gasteiger partial charge in [-0.3, -0.25) is 0 Å². The van der Waals surface area contributed by atoms with E-state index in [1.54, 1.807) is 7.11 Å². The molecule has 0 radical (unpaired) electrons. The van der Waals surface area contributed by atoms with Crippen LogP contribution in [0.5, 0.6) is 5.75 Å². The standard InChI is InChI=1S/C13H18O3/c1-16-12-4-2-10(3-5-12)13(15)8-6-11(14)7-9-13/h2-5,11,14-15H,6-9H2,1H3. The van der Waals surface area contributed by atoms with Crippen molar-refractivity contribution in [3.63, 3.8) is 0 Å². The molecule has 0 aromatic heterocycles. The number of hydrogen-bond acceptors (Lipinski definition) is 3. The summed E-state index contributed by atoms with van der Waals surface area (Å²) in [5, 5.41) is 19.9. The van der Waals surface area contributed by atoms with Crippen molar-refractivity contribution in [1.82, 2.24) is 0 Å². The van der Waals surface area contributed by atoms with E-state index in [-0.39, 0.29) is 6.10 Å². The van der Waals surface area contributed by atoms with Gasteiger partial charge in [0.2, 0.25) is 0 Å². The van der Waals surface area contributed by atoms with E-state index in [1.165, 1.54) is 0 Å². The van der Waals surface area contributed by atoms with Gasteiger partial charge in [-0.2, -0.15) is 0 Å². The molecule has 88 valence electrons. The van der Waals surface area contributed by atoms with Crippen LogP contribution in [0.25, 0.3) is 0 Å². The summed E-state index contributed by atoms with van der Waals surface area (Å²) in [5.41, 5.74) is 0.145. The van der Waals surface area contributed by atoms with E-state index in [2.05, 4.69) is 0 Å². The quantitative estimate of drug-likeness (QED) is 0.802. The first kappa shape index (κ1) is 11.4. The van der Waals surface area contributed by atoms with E-state index < -0.39 is 5.60 Å². The summed E-state index contributed by atoms with van der Waals surface area (Å²) >= 11 is 0. The topological polar surface area (TPSA) is 49.7 Å². The molecule has 0 amide bonds. The highest BCUT2D eigenvalue weighted by Gasteiger charge is 2.33. The zero-order chi connectivity index (χ0) is 11.6. The monoisotopic (exact) mass is 222 g/mol. The van der Waals surface area contributed by atoms with Gasteiger partial charge in [-0.15, -0.1) is 0 Å². The number of benzene rings is 1. The Labute approximate surface area is 95.7 Å². The van der Waals surface area contributed by atoms with Gasteiger partial charge in [0, 0.05) is 0 Å². The van der Waals surface area contributed by atoms with Gasteiger partial charge in [0.25, 0.3) is 0 Å². The Balaban J connectivity index is 2.16. The molecule has 0 atom stereocenters. The molecule has 1 fully saturated rings. The Morgan fingerprint density at radius 3 is 2.25 bits per heavy atom. The van der Waals surface area contributed by atoms with Crippen molar-refractivity contribution in [3.05, 3.63) is 29.8 Å². The van der Waals surface area contributed by atoms with Crippen molar-refractivity contribution in [3.8, 4) is 5.75 Å². The zero-order valence-electron chi connectivity index (χ0n) is 9.52. The van der Waals surface area contributed by atoms with Crippen molar-refractivity contribution >= 4 is 0 Å². The van der Waals surface area contributed by atoms with Crippen LogP contribution < -0.4 is 4.74 Å². The number of methoxy groups -OCH3 is 1. The molecule has 0 aliphatic heterocycles. The van der Waals surface area contributed by atoms with Gasteiger partial charge in [0.05, 0.1) is 18.8 Å². The van der Waals surface area contributed by atoms with Gasteiger partial charge in [0.1, 0.15) is 5.75 Å². The minimum absolute atomic E-state index is 0.251. The molecule has 0 heterocycles. The van der Waals surface area contributed by atoms with Crippen molar-refractivity contribution in [2.45, 2.75) is 37.4 Å². The first-order valence-corrected chi connectivity index (χ1v) is 5.69. The first-order chi connectivity index (χ1) is 7.64. The van der Waals surface area contributed by atoms with Crippen LogP contribution in [-0.2, 0) is 5.60 Å². The molecular formula is C13H18O3. The third-order valence-electron chi connectivity index (χ3n) is 3.41. The highest BCUT2D eigenvalue weighted by Crippen LogP contribution is 2.37. The number of hydrogen-bond donors (Lipinski definition) is 2. The molecule has 1 saturated carbocycles. The summed E-state index contributed by atoms with van der Waals surface area (Å²) in [6, 6.07) is 7.52. The molecule has 2 rings (SSSR count). The minimum atomic E-state index is -0.772. The molecule has 0 spiro atoms. The van der Waals surface area contributed by atoms with Crippen LogP contribution in [0.2, 0.25) is 0 Å². The fourth-order valence-electron chi connectivity index (χ4n) is 2.27. The Kier molecular flexibility index (Phi) is 3.17. The fourth-order valence-corrected chi connectivity index (χ4v) is 2.27. The highest BCUT2D eigenvalue weighted by molar-refractivity contribution is 5.31. The number of aliphatic hydroxyl groups is 2. The van der Waals surface area contributed by atoms with Gasteiger partial charge in [-0.25, -0.2) is 0 Å². The number of rotatable bonds is 2. The molecule has 3 nitrogen and oxygen atoms in total. The molecule has 0 saturated heterocycles. The Hall–Kier alpha value is -1.06. The van der Waals surface area contributed by atoms with E-state index in [9.17, 15) is 10.2 Å². The lowest BCUT2D eigenvalue weighted by Gasteiger charge is -2.34. The molecule has 1 aliphatic rings. The smallest absolute Gasteiger partial charge is 0.118 e. The van der Waals surface area contributed by atoms with E-state index in [4.69, 9.17) is 4.74 Å². The summed E-state index contributed by atoms with van der Waals surface area (Å²) in [7, 11) is 1.63. The van der Waals surface area contributed by atoms with Crippen LogP contribution in [0.15, 0.2) is 24.3 Å². The van der Waals surface area contributed by atoms with Crippen molar-refractivity contribution < 1.29 is 14.9 Å². The first-order valence-electron chi connectivity index (χ1n) is 5.69. The van der Waals surface area contributed by atoms with Gasteiger partial charge < -0.3 is 14.9 Å². The van der Waals surface area contributed by atoms with Crippen LogP contribution in [0.1, 0.15) is 31.2 Å². The molecule has 1 aromatic rings. The van der Waals surface area contributed by atoms with Gasteiger partial charge >= 0.3 is 0 Å². The Bertz CT molecular complexity index is 337. The van der Waals surface area contributed by atoms with E-state index in [0.29, 0.717) is 25.7 Å². The van der Waals surface area contributed by atoms with Gasteiger partial charge in [-0.05, 0) is 43.4 Å². The van der Waals surface area contributed by atoms with Crippen molar-refractivity contribution in [1.29, 1.82) is 0 Å². The number of aliphatic hydroxyl groups excluding tert-OH is 1. The van der Waals surface area contributed by atoms with Gasteiger partial charge in [0.15, 0.2) is 0 Å². The maximum absolute atomic E-state index is 10.5. The lowest BCUT2D eigenvalue weighted by atomic mass is 9.78. The van der Waals surface area contributed by atoms with E-state index >= 15 is 0 Å². The summed E-state index contributed by atoms with van der Waals surface area (Å²) in [4.78, 5) is 0. The minimum Gasteiger partial charge on any atom is -0.497 e. The molecule has 3 heteroatoms. The number of ether oxygens (including phenoxy) is 1. The van der Waals surface area contributed by atoms with Crippen LogP contribution >= 0.6 is 0 Å². The maximum atomic E-state index is 10.5. The summed E-state index contributed by atoms with van der Waals surface area (Å²) in [6.07, 6.45) is 2.34. The van der Waals surface area contributed by atoms with E-state index in [0.717, 1.165) is 11.3 Å². The lowest BCUT2D eigenvalue weighted by Crippen LogP contribution is -2.33. The molecular weight excluding hydrogens is 204 g/mol. The van der Waals surface area contributed by atoms with Crippen LogP contribution in [0.4, 0.5) is 0 Å². The normalized spacial score (nSPS) is 30.1. The Morgan fingerprint density at radius 1 is 1.19 bits per heavy atom. The lowest BCUT2D eigenvalue weighted by molar-refractivity contribution is -0.0361. The molecule has 2 N–H and O–H groups in total. The third-order valence-corrected chi connectivity index (χ3v) is 3.41. The van der Waals surface area contributed by atoms with Crippen LogP contribution in [0, 0.1) is 0 Å². The zero-order valence-corrected chi connectivity index (χ0v) is 9.52. The average molecular weight is 222 g/mol. The summed E-state index contributed by atoms with van der Waals surface area (Å²) < 4.78 is 5.08. The molecule has 16 heavy (non-hydrogen) atoms. The molecule has 0 unspecified atom stereocenters. The largest absolute Gasteiger partial charge is 0.497 e. The van der Waals surface area contributed by atoms with Crippen molar-refractivity contribution in [2.24, 2.45) is 0 Å². The average Bonchev–Trinajstić information content (AvgIpc) is 2.33. The van der Waals surface area contributed by atoms with Crippen LogP contribution in [-0.4, -0.2) is 23.4 Å². The third kappa shape index (κ3) is 2.20. The Morgan fingerprint density at radius 2 is 1.75 bits per heavy atom. The highest BCUT2D eigenvalue weighted by atomic mass is 16.5. The van der Waals surface area contributed by atoms with Crippen molar-refractivity contribution in [2.75, 3.05) is 7.11 Å². The molecule has 0 bridgehead atoms. The SMILES string of the molecule is COc1ccc(C2(O)CCC(O)CC2)cc1. The second kappa shape index (κ2) is 4.44. The summed E-state index contributed by atoms with van der Waals surface area (Å²) in [5.74, 6) is 0.795. The second-order valence-electron chi connectivity index (χ2n) is 4.49. The predicted octanol–water partition coefficient (Wildman–Crippen LogP) is 1.82. The molecule has 1 aliphatic carbocycles. The predicted molar refractivity (Wildman–Crippen MR) is 61.4 cm³/mol. The van der Waals surface area contributed by atoms with Crippen LogP contribution in [0.3, 0.4) is 0 Å². The molecule has 1 aromatic carbocycles. The summed E-state index contributed by atoms with van der Waals surface area (Å²) in [6.45, 7) is 0. The second-order valence-corrected chi connectivity index (χ2v) is 4.49. The fraction of sp³-hybridized carbons (Fsp3) is 0.538.